The number of benzene rings is 2. The van der Waals surface area contributed by atoms with Gasteiger partial charge in [0.2, 0.25) is 0 Å². The van der Waals surface area contributed by atoms with Gasteiger partial charge in [0.05, 0.1) is 14.2 Å². The van der Waals surface area contributed by atoms with Gasteiger partial charge >= 0.3 is 0 Å². The van der Waals surface area contributed by atoms with Gasteiger partial charge in [-0.2, -0.15) is 0 Å². The Morgan fingerprint density at radius 1 is 0.875 bits per heavy atom. The molecule has 0 saturated carbocycles. The number of carbonyl (C=O) groups excluding carboxylic acids is 1. The van der Waals surface area contributed by atoms with E-state index >= 15 is 0 Å². The van der Waals surface area contributed by atoms with E-state index in [9.17, 15) is 4.79 Å². The van der Waals surface area contributed by atoms with Crippen molar-refractivity contribution in [2.75, 3.05) is 28.4 Å². The van der Waals surface area contributed by atoms with Gasteiger partial charge in [-0.15, -0.1) is 0 Å². The van der Waals surface area contributed by atoms with Crippen molar-refractivity contribution in [1.82, 2.24) is 0 Å². The fourth-order valence-electron chi connectivity index (χ4n) is 2.38. The lowest BCUT2D eigenvalue weighted by Gasteiger charge is -2.19. The molecule has 24 heavy (non-hydrogen) atoms. The van der Waals surface area contributed by atoms with Crippen LogP contribution in [0.15, 0.2) is 42.5 Å². The predicted octanol–water partition coefficient (Wildman–Crippen LogP) is 2.85. The number of hydrogen-bond donors (Lipinski definition) is 0. The normalized spacial score (nSPS) is 10.2. The molecule has 6 heteroatoms. The van der Waals surface area contributed by atoms with Gasteiger partial charge in [0.15, 0.2) is 23.6 Å². The topological polar surface area (TPSA) is 54.0 Å². The van der Waals surface area contributed by atoms with E-state index in [4.69, 9.17) is 18.9 Å². The Morgan fingerprint density at radius 2 is 1.42 bits per heavy atom. The fourth-order valence-corrected chi connectivity index (χ4v) is 2.38. The third-order valence-electron chi connectivity index (χ3n) is 3.52. The summed E-state index contributed by atoms with van der Waals surface area (Å²) in [5.74, 6) is 0.841. The van der Waals surface area contributed by atoms with Crippen LogP contribution in [0.25, 0.3) is 0 Å². The van der Waals surface area contributed by atoms with Crippen molar-refractivity contribution in [1.29, 1.82) is 0 Å². The van der Waals surface area contributed by atoms with Crippen molar-refractivity contribution in [3.05, 3.63) is 59.2 Å². The van der Waals surface area contributed by atoms with E-state index in [-0.39, 0.29) is 14.2 Å². The summed E-state index contributed by atoms with van der Waals surface area (Å²) >= 11 is 0. The minimum absolute atomic E-state index is 0. The van der Waals surface area contributed by atoms with E-state index in [1.165, 1.54) is 28.4 Å². The van der Waals surface area contributed by atoms with Crippen LogP contribution >= 0.6 is 0 Å². The molecule has 0 saturated heterocycles. The molecule has 0 atom stereocenters. The lowest BCUT2D eigenvalue weighted by atomic mass is 9.97. The molecule has 0 fully saturated rings. The number of carbonyl (C=O) groups is 1. The third-order valence-corrected chi connectivity index (χ3v) is 3.52. The van der Waals surface area contributed by atoms with Gasteiger partial charge in [0.25, 0.3) is 0 Å². The highest BCUT2D eigenvalue weighted by atomic mass is 16.7. The van der Waals surface area contributed by atoms with Gasteiger partial charge in [-0.1, -0.05) is 30.3 Å². The largest absolute Gasteiger partial charge is 0.493 e. The second-order valence-corrected chi connectivity index (χ2v) is 4.79. The van der Waals surface area contributed by atoms with Crippen molar-refractivity contribution in [2.45, 2.75) is 6.29 Å². The Morgan fingerprint density at radius 3 is 1.92 bits per heavy atom. The van der Waals surface area contributed by atoms with E-state index < -0.39 is 6.29 Å². The van der Waals surface area contributed by atoms with Crippen molar-refractivity contribution < 1.29 is 23.7 Å². The standard InChI is InChI=1S/C18H20O5.B/c1-20-15-10-13(17(19)12-8-6-5-7-9-12)14(11-16(15)21-2)18(22-3)23-4;/h5-11,18H,1-4H3;. The minimum Gasteiger partial charge on any atom is -0.493 e. The van der Waals surface area contributed by atoms with Gasteiger partial charge in [-0.05, 0) is 12.1 Å². The average Bonchev–Trinajstić information content (AvgIpc) is 2.62. The molecule has 2 rings (SSSR count). The van der Waals surface area contributed by atoms with Crippen LogP contribution < -0.4 is 9.47 Å². The smallest absolute Gasteiger partial charge is 0.193 e. The molecule has 2 aromatic carbocycles. The van der Waals surface area contributed by atoms with Gasteiger partial charge < -0.3 is 18.9 Å². The van der Waals surface area contributed by atoms with Crippen LogP contribution in [0.5, 0.6) is 11.5 Å². The second kappa shape index (κ2) is 9.10. The highest BCUT2D eigenvalue weighted by molar-refractivity contribution is 6.10. The minimum atomic E-state index is -0.683. The zero-order valence-electron chi connectivity index (χ0n) is 14.2. The molecule has 2 aromatic rings. The van der Waals surface area contributed by atoms with Crippen molar-refractivity contribution in [3.8, 4) is 11.5 Å². The van der Waals surface area contributed by atoms with Crippen LogP contribution in [-0.2, 0) is 9.47 Å². The molecule has 0 heterocycles. The summed E-state index contributed by atoms with van der Waals surface area (Å²) in [6, 6.07) is 12.4. The Labute approximate surface area is 144 Å². The first-order chi connectivity index (χ1) is 11.2. The van der Waals surface area contributed by atoms with Crippen LogP contribution in [0.4, 0.5) is 0 Å². The number of methoxy groups -OCH3 is 4. The quantitative estimate of drug-likeness (QED) is 0.445. The molecule has 3 radical (unpaired) electrons. The molecular formula is C18H20BO5. The molecule has 0 N–H and O–H groups in total. The van der Waals surface area contributed by atoms with Gasteiger partial charge in [0, 0.05) is 39.3 Å². The molecule has 0 amide bonds. The van der Waals surface area contributed by atoms with E-state index in [0.29, 0.717) is 28.2 Å². The Balaban J connectivity index is 0.00000288. The van der Waals surface area contributed by atoms with Crippen LogP contribution in [0.3, 0.4) is 0 Å². The zero-order valence-corrected chi connectivity index (χ0v) is 14.2. The first-order valence-corrected chi connectivity index (χ1v) is 7.07. The lowest BCUT2D eigenvalue weighted by molar-refractivity contribution is -0.106. The third kappa shape index (κ3) is 3.96. The highest BCUT2D eigenvalue weighted by Crippen LogP contribution is 2.35. The van der Waals surface area contributed by atoms with Crippen LogP contribution in [-0.4, -0.2) is 42.6 Å². The summed E-state index contributed by atoms with van der Waals surface area (Å²) in [5, 5.41) is 0. The van der Waals surface area contributed by atoms with Gasteiger partial charge in [-0.25, -0.2) is 0 Å². The maximum absolute atomic E-state index is 12.9. The molecule has 0 aliphatic heterocycles. The average molecular weight is 327 g/mol. The maximum Gasteiger partial charge on any atom is 0.193 e. The monoisotopic (exact) mass is 327 g/mol. The Bertz CT molecular complexity index is 669. The van der Waals surface area contributed by atoms with Crippen LogP contribution in [0.1, 0.15) is 27.8 Å². The van der Waals surface area contributed by atoms with Crippen LogP contribution in [0.2, 0.25) is 0 Å². The lowest BCUT2D eigenvalue weighted by Crippen LogP contribution is -2.13. The first kappa shape index (κ1) is 19.7. The molecule has 0 unspecified atom stereocenters. The molecule has 0 aliphatic carbocycles. The molecule has 0 bridgehead atoms. The fraction of sp³-hybridized carbons (Fsp3) is 0.278. The van der Waals surface area contributed by atoms with Crippen molar-refractivity contribution in [2.24, 2.45) is 0 Å². The molecule has 125 valence electrons. The summed E-state index contributed by atoms with van der Waals surface area (Å²) in [4.78, 5) is 12.9. The highest BCUT2D eigenvalue weighted by Gasteiger charge is 2.23. The maximum atomic E-state index is 12.9. The molecule has 0 spiro atoms. The van der Waals surface area contributed by atoms with Gasteiger partial charge in [0.1, 0.15) is 0 Å². The molecule has 0 aromatic heterocycles. The van der Waals surface area contributed by atoms with E-state index in [1.807, 2.05) is 18.2 Å². The summed E-state index contributed by atoms with van der Waals surface area (Å²) in [7, 11) is 6.09. The second-order valence-electron chi connectivity index (χ2n) is 4.79. The summed E-state index contributed by atoms with van der Waals surface area (Å²) in [5.41, 5.74) is 1.61. The molecule has 0 aliphatic rings. The molecular weight excluding hydrogens is 307 g/mol. The summed E-state index contributed by atoms with van der Waals surface area (Å²) in [6.45, 7) is 0. The van der Waals surface area contributed by atoms with Crippen molar-refractivity contribution >= 4 is 14.2 Å². The first-order valence-electron chi connectivity index (χ1n) is 7.07. The Hall–Kier alpha value is -2.31. The number of ether oxygens (including phenoxy) is 4. The Kier molecular flexibility index (Phi) is 7.49. The predicted molar refractivity (Wildman–Crippen MR) is 91.9 cm³/mol. The number of ketones is 1. The summed E-state index contributed by atoms with van der Waals surface area (Å²) < 4.78 is 21.2. The zero-order chi connectivity index (χ0) is 16.8. The SMILES string of the molecule is COc1cc(C(=O)c2ccccc2)c(C(OC)OC)cc1OC.[B]. The number of hydrogen-bond acceptors (Lipinski definition) is 5. The van der Waals surface area contributed by atoms with Crippen LogP contribution in [0, 0.1) is 0 Å². The van der Waals surface area contributed by atoms with E-state index in [0.717, 1.165) is 0 Å². The number of rotatable bonds is 7. The van der Waals surface area contributed by atoms with Gasteiger partial charge in [-0.3, -0.25) is 4.79 Å². The van der Waals surface area contributed by atoms with E-state index in [2.05, 4.69) is 0 Å². The summed E-state index contributed by atoms with van der Waals surface area (Å²) in [6.07, 6.45) is -0.683. The molecule has 5 nitrogen and oxygen atoms in total. The van der Waals surface area contributed by atoms with Crippen molar-refractivity contribution in [3.63, 3.8) is 0 Å². The van der Waals surface area contributed by atoms with E-state index in [1.54, 1.807) is 24.3 Å².